The van der Waals surface area contributed by atoms with Gasteiger partial charge in [0.2, 0.25) is 5.91 Å². The Hall–Kier alpha value is -2.50. The van der Waals surface area contributed by atoms with Crippen molar-refractivity contribution in [1.29, 1.82) is 0 Å². The normalized spacial score (nSPS) is 11.4. The highest BCUT2D eigenvalue weighted by Gasteiger charge is 2.30. The summed E-state index contributed by atoms with van der Waals surface area (Å²) < 4.78 is 40.2. The van der Waals surface area contributed by atoms with E-state index in [9.17, 15) is 18.0 Å². The molecule has 1 amide bonds. The lowest BCUT2D eigenvalue weighted by Crippen LogP contribution is -2.31. The second-order valence-electron chi connectivity index (χ2n) is 6.24. The van der Waals surface area contributed by atoms with Crippen LogP contribution in [0.2, 0.25) is 0 Å². The van der Waals surface area contributed by atoms with E-state index in [2.05, 4.69) is 20.4 Å². The third-order valence-corrected chi connectivity index (χ3v) is 3.78. The molecule has 2 aromatic rings. The van der Waals surface area contributed by atoms with E-state index in [1.165, 1.54) is 24.3 Å². The smallest absolute Gasteiger partial charge is 0.406 e. The van der Waals surface area contributed by atoms with E-state index >= 15 is 0 Å². The zero-order valence-electron chi connectivity index (χ0n) is 16.3. The molecule has 0 bridgehead atoms. The van der Waals surface area contributed by atoms with Gasteiger partial charge in [0.05, 0.1) is 6.54 Å². The summed E-state index contributed by atoms with van der Waals surface area (Å²) in [5.41, 5.74) is 8.19. The van der Waals surface area contributed by atoms with Crippen molar-refractivity contribution < 1.29 is 22.7 Å². The Morgan fingerprint density at radius 3 is 2.23 bits per heavy atom. The molecular weight excluding hydrogens is 512 g/mol. The Labute approximate surface area is 190 Å². The number of guanidine groups is 1. The molecule has 0 atom stereocenters. The van der Waals surface area contributed by atoms with E-state index in [0.717, 1.165) is 17.7 Å². The third-order valence-electron chi connectivity index (χ3n) is 3.78. The summed E-state index contributed by atoms with van der Waals surface area (Å²) in [7, 11) is 0. The van der Waals surface area contributed by atoms with E-state index in [-0.39, 0.29) is 48.1 Å². The van der Waals surface area contributed by atoms with Gasteiger partial charge >= 0.3 is 6.36 Å². The lowest BCUT2D eigenvalue weighted by Gasteiger charge is -2.09. The van der Waals surface area contributed by atoms with E-state index in [4.69, 9.17) is 5.73 Å². The summed E-state index contributed by atoms with van der Waals surface area (Å²) >= 11 is 0. The summed E-state index contributed by atoms with van der Waals surface area (Å²) in [4.78, 5) is 15.7. The molecule has 0 unspecified atom stereocenters. The Balaban J connectivity index is 0.00000450. The van der Waals surface area contributed by atoms with Crippen molar-refractivity contribution in [2.24, 2.45) is 10.7 Å². The van der Waals surface area contributed by atoms with Crippen molar-refractivity contribution >= 4 is 41.5 Å². The molecule has 0 fully saturated rings. The summed E-state index contributed by atoms with van der Waals surface area (Å²) in [5.74, 6) is -0.0978. The molecule has 0 saturated heterocycles. The molecule has 0 spiro atoms. The zero-order valence-corrected chi connectivity index (χ0v) is 18.7. The van der Waals surface area contributed by atoms with Gasteiger partial charge in [0.1, 0.15) is 5.75 Å². The predicted molar refractivity (Wildman–Crippen MR) is 121 cm³/mol. The van der Waals surface area contributed by atoms with Gasteiger partial charge in [-0.15, -0.1) is 37.1 Å². The fraction of sp³-hybridized carbons (Fsp3) is 0.300. The molecule has 2 aromatic carbocycles. The van der Waals surface area contributed by atoms with Gasteiger partial charge in [0.25, 0.3) is 0 Å². The van der Waals surface area contributed by atoms with Crippen LogP contribution < -0.4 is 21.1 Å². The van der Waals surface area contributed by atoms with Gasteiger partial charge in [-0.1, -0.05) is 31.2 Å². The summed E-state index contributed by atoms with van der Waals surface area (Å²) in [6.07, 6.45) is -3.44. The van der Waals surface area contributed by atoms with Crippen LogP contribution in [0.5, 0.6) is 5.75 Å². The number of nitrogens with two attached hydrogens (primary N) is 1. The van der Waals surface area contributed by atoms with Crippen molar-refractivity contribution in [2.45, 2.75) is 39.2 Å². The number of amides is 1. The Bertz CT molecular complexity index is 825. The van der Waals surface area contributed by atoms with Gasteiger partial charge in [-0.25, -0.2) is 4.99 Å². The topological polar surface area (TPSA) is 88.7 Å². The number of nitrogens with zero attached hydrogens (tertiary/aromatic N) is 1. The van der Waals surface area contributed by atoms with Crippen LogP contribution in [0.15, 0.2) is 53.5 Å². The average Bonchev–Trinajstić information content (AvgIpc) is 2.66. The van der Waals surface area contributed by atoms with E-state index in [1.54, 1.807) is 0 Å². The van der Waals surface area contributed by atoms with Crippen LogP contribution in [0.25, 0.3) is 0 Å². The molecule has 0 aliphatic carbocycles. The molecular formula is C20H24F3IN4O2. The fourth-order valence-corrected chi connectivity index (χ4v) is 2.38. The highest BCUT2D eigenvalue weighted by atomic mass is 127. The molecule has 30 heavy (non-hydrogen) atoms. The van der Waals surface area contributed by atoms with Crippen molar-refractivity contribution in [3.63, 3.8) is 0 Å². The van der Waals surface area contributed by atoms with Gasteiger partial charge in [0.15, 0.2) is 5.96 Å². The number of ether oxygens (including phenoxy) is 1. The van der Waals surface area contributed by atoms with Crippen molar-refractivity contribution in [2.75, 3.05) is 5.32 Å². The van der Waals surface area contributed by atoms with Crippen LogP contribution in [-0.2, 0) is 17.9 Å². The lowest BCUT2D eigenvalue weighted by molar-refractivity contribution is -0.274. The van der Waals surface area contributed by atoms with Gasteiger partial charge in [-0.3, -0.25) is 4.79 Å². The molecule has 0 heterocycles. The molecule has 2 rings (SSSR count). The SMILES string of the molecule is CCCC(=O)Nc1ccc(CNC(N)=NCc2ccc(OC(F)(F)F)cc2)cc1.I. The highest BCUT2D eigenvalue weighted by molar-refractivity contribution is 14.0. The molecule has 4 N–H and O–H groups in total. The minimum Gasteiger partial charge on any atom is -0.406 e. The molecule has 164 valence electrons. The number of hydrogen-bond acceptors (Lipinski definition) is 3. The molecule has 0 aliphatic heterocycles. The van der Waals surface area contributed by atoms with Gasteiger partial charge in [-0.05, 0) is 41.8 Å². The summed E-state index contributed by atoms with van der Waals surface area (Å²) in [5, 5.41) is 5.77. The Morgan fingerprint density at radius 1 is 1.07 bits per heavy atom. The van der Waals surface area contributed by atoms with E-state index in [1.807, 2.05) is 31.2 Å². The number of hydrogen-bond donors (Lipinski definition) is 3. The predicted octanol–water partition coefficient (Wildman–Crippen LogP) is 4.55. The molecule has 0 aliphatic rings. The zero-order chi connectivity index (χ0) is 21.3. The van der Waals surface area contributed by atoms with Gasteiger partial charge < -0.3 is 21.1 Å². The maximum absolute atomic E-state index is 12.1. The average molecular weight is 536 g/mol. The Kier molecular flexibility index (Phi) is 10.4. The molecule has 0 aromatic heterocycles. The van der Waals surface area contributed by atoms with Crippen LogP contribution in [0, 0.1) is 0 Å². The second kappa shape index (κ2) is 12.3. The number of alkyl halides is 3. The van der Waals surface area contributed by atoms with Gasteiger partial charge in [-0.2, -0.15) is 0 Å². The number of anilines is 1. The van der Waals surface area contributed by atoms with Crippen molar-refractivity contribution in [3.05, 3.63) is 59.7 Å². The fourth-order valence-electron chi connectivity index (χ4n) is 2.38. The van der Waals surface area contributed by atoms with Crippen molar-refractivity contribution in [3.8, 4) is 5.75 Å². The molecule has 6 nitrogen and oxygen atoms in total. The summed E-state index contributed by atoms with van der Waals surface area (Å²) in [6, 6.07) is 12.8. The number of aliphatic imine (C=N–C) groups is 1. The minimum atomic E-state index is -4.71. The first kappa shape index (κ1) is 25.5. The monoisotopic (exact) mass is 536 g/mol. The second-order valence-corrected chi connectivity index (χ2v) is 6.24. The Morgan fingerprint density at radius 2 is 1.67 bits per heavy atom. The molecule has 10 heteroatoms. The lowest BCUT2D eigenvalue weighted by atomic mass is 10.2. The number of halogens is 4. The molecule has 0 radical (unpaired) electrons. The highest BCUT2D eigenvalue weighted by Crippen LogP contribution is 2.22. The number of benzene rings is 2. The van der Waals surface area contributed by atoms with E-state index < -0.39 is 6.36 Å². The largest absolute Gasteiger partial charge is 0.573 e. The van der Waals surface area contributed by atoms with Crippen LogP contribution in [0.1, 0.15) is 30.9 Å². The molecule has 0 saturated carbocycles. The first-order valence-electron chi connectivity index (χ1n) is 9.02. The van der Waals surface area contributed by atoms with E-state index in [0.29, 0.717) is 18.5 Å². The van der Waals surface area contributed by atoms with Crippen LogP contribution >= 0.6 is 24.0 Å². The summed E-state index contributed by atoms with van der Waals surface area (Å²) in [6.45, 7) is 2.60. The number of rotatable bonds is 8. The number of nitrogens with one attached hydrogen (secondary N) is 2. The minimum absolute atomic E-state index is 0. The maximum atomic E-state index is 12.1. The first-order chi connectivity index (χ1) is 13.7. The standard InChI is InChI=1S/C20H23F3N4O2.HI/c1-2-3-18(28)27-16-8-4-14(5-9-16)12-25-19(24)26-13-15-6-10-17(11-7-15)29-20(21,22)23;/h4-11H,2-3,12-13H2,1H3,(H,27,28)(H3,24,25,26);1H. The van der Waals surface area contributed by atoms with Crippen LogP contribution in [-0.4, -0.2) is 18.2 Å². The first-order valence-corrected chi connectivity index (χ1v) is 9.02. The number of carbonyl (C=O) groups excluding carboxylic acids is 1. The quantitative estimate of drug-likeness (QED) is 0.263. The van der Waals surface area contributed by atoms with Crippen LogP contribution in [0.4, 0.5) is 18.9 Å². The third kappa shape index (κ3) is 9.81. The maximum Gasteiger partial charge on any atom is 0.573 e. The number of carbonyl (C=O) groups is 1. The van der Waals surface area contributed by atoms with Crippen molar-refractivity contribution in [1.82, 2.24) is 5.32 Å². The van der Waals surface area contributed by atoms with Crippen LogP contribution in [0.3, 0.4) is 0 Å². The van der Waals surface area contributed by atoms with Gasteiger partial charge in [0, 0.05) is 18.7 Å².